The fourth-order valence-corrected chi connectivity index (χ4v) is 3.81. The maximum Gasteiger partial charge on any atom is 0.239 e. The van der Waals surface area contributed by atoms with Crippen LogP contribution in [0.1, 0.15) is 19.3 Å². The summed E-state index contributed by atoms with van der Waals surface area (Å²) in [5.41, 5.74) is 0.855. The molecule has 0 saturated carbocycles. The number of hydrogen-bond acceptors (Lipinski definition) is 3. The van der Waals surface area contributed by atoms with Crippen LogP contribution in [-0.2, 0) is 9.59 Å². The third-order valence-electron chi connectivity index (χ3n) is 4.84. The molecular formula is C17H22BrN3O2. The summed E-state index contributed by atoms with van der Waals surface area (Å²) < 4.78 is 0.937. The molecule has 6 heteroatoms. The minimum absolute atomic E-state index is 0.00190. The van der Waals surface area contributed by atoms with Gasteiger partial charge in [0.2, 0.25) is 11.8 Å². The largest absolute Gasteiger partial charge is 0.342 e. The number of halogens is 1. The minimum atomic E-state index is -0.514. The van der Waals surface area contributed by atoms with Crippen molar-refractivity contribution in [3.63, 3.8) is 0 Å². The molecule has 2 heterocycles. The molecular weight excluding hydrogens is 358 g/mol. The third-order valence-corrected chi connectivity index (χ3v) is 5.33. The van der Waals surface area contributed by atoms with Crippen molar-refractivity contribution in [2.75, 3.05) is 31.6 Å². The van der Waals surface area contributed by atoms with Crippen molar-refractivity contribution in [3.05, 3.63) is 28.7 Å². The second-order valence-corrected chi connectivity index (χ2v) is 7.11. The van der Waals surface area contributed by atoms with Gasteiger partial charge in [-0.3, -0.25) is 9.59 Å². The second kappa shape index (κ2) is 7.01. The number of amides is 2. The number of nitrogens with one attached hydrogen (secondary N) is 1. The van der Waals surface area contributed by atoms with Crippen molar-refractivity contribution in [2.45, 2.75) is 25.3 Å². The Kier molecular flexibility index (Phi) is 5.02. The van der Waals surface area contributed by atoms with Gasteiger partial charge in [-0.2, -0.15) is 0 Å². The molecule has 1 atom stereocenters. The summed E-state index contributed by atoms with van der Waals surface area (Å²) in [5, 5.41) is 3.26. The number of hydrogen-bond donors (Lipinski definition) is 1. The van der Waals surface area contributed by atoms with Gasteiger partial charge in [0.05, 0.1) is 0 Å². The maximum absolute atomic E-state index is 12.7. The van der Waals surface area contributed by atoms with E-state index in [9.17, 15) is 9.59 Å². The summed E-state index contributed by atoms with van der Waals surface area (Å²) in [4.78, 5) is 29.0. The molecule has 124 valence electrons. The first-order valence-electron chi connectivity index (χ1n) is 8.13. The molecule has 2 fully saturated rings. The van der Waals surface area contributed by atoms with E-state index in [-0.39, 0.29) is 11.8 Å². The summed E-state index contributed by atoms with van der Waals surface area (Å²) in [5.74, 6) is -0.578. The lowest BCUT2D eigenvalue weighted by atomic mass is 10.0. The first-order valence-corrected chi connectivity index (χ1v) is 8.92. The molecule has 0 aromatic heterocycles. The van der Waals surface area contributed by atoms with E-state index in [2.05, 4.69) is 21.2 Å². The highest BCUT2D eigenvalue weighted by atomic mass is 79.9. The van der Waals surface area contributed by atoms with Crippen molar-refractivity contribution in [1.82, 2.24) is 10.2 Å². The van der Waals surface area contributed by atoms with E-state index in [4.69, 9.17) is 0 Å². The smallest absolute Gasteiger partial charge is 0.239 e. The average molecular weight is 380 g/mol. The normalized spacial score (nSPS) is 22.7. The van der Waals surface area contributed by atoms with E-state index in [0.717, 1.165) is 36.1 Å². The number of anilines is 1. The van der Waals surface area contributed by atoms with Crippen LogP contribution in [0.15, 0.2) is 28.7 Å². The lowest BCUT2D eigenvalue weighted by Crippen LogP contribution is -2.47. The molecule has 23 heavy (non-hydrogen) atoms. The number of likely N-dealkylation sites (tertiary alicyclic amines) is 1. The molecule has 0 bridgehead atoms. The Morgan fingerprint density at radius 3 is 2.61 bits per heavy atom. The number of benzene rings is 1. The van der Waals surface area contributed by atoms with Gasteiger partial charge in [-0.15, -0.1) is 0 Å². The number of nitrogens with zero attached hydrogens (tertiary/aromatic N) is 2. The lowest BCUT2D eigenvalue weighted by molar-refractivity contribution is -0.140. The summed E-state index contributed by atoms with van der Waals surface area (Å²) in [7, 11) is 1.96. The molecule has 0 spiro atoms. The number of carbonyl (C=O) groups excluding carboxylic acids is 2. The monoisotopic (exact) mass is 379 g/mol. The van der Waals surface area contributed by atoms with Crippen molar-refractivity contribution < 1.29 is 9.59 Å². The predicted molar refractivity (Wildman–Crippen MR) is 93.3 cm³/mol. The molecule has 2 amide bonds. The van der Waals surface area contributed by atoms with Crippen molar-refractivity contribution in [1.29, 1.82) is 0 Å². The maximum atomic E-state index is 12.7. The quantitative estimate of drug-likeness (QED) is 0.817. The fourth-order valence-electron chi connectivity index (χ4n) is 3.42. The molecule has 0 aliphatic carbocycles. The van der Waals surface area contributed by atoms with Gasteiger partial charge in [-0.25, -0.2) is 0 Å². The molecule has 1 unspecified atom stereocenters. The highest BCUT2D eigenvalue weighted by Crippen LogP contribution is 2.29. The van der Waals surface area contributed by atoms with E-state index in [1.807, 2.05) is 36.2 Å². The molecule has 2 aliphatic heterocycles. The minimum Gasteiger partial charge on any atom is -0.342 e. The van der Waals surface area contributed by atoms with Crippen LogP contribution in [0.25, 0.3) is 0 Å². The van der Waals surface area contributed by atoms with Crippen LogP contribution in [0.3, 0.4) is 0 Å². The van der Waals surface area contributed by atoms with Crippen LogP contribution < -0.4 is 10.2 Å². The standard InChI is InChI=1S/C17H22BrN3O2/c1-19-13-5-8-20(9-6-13)16(22)15-7-10-21(17(15)23)14-4-2-3-12(18)11-14/h2-4,11,13,15,19H,5-10H2,1H3. The zero-order chi connectivity index (χ0) is 16.4. The zero-order valence-corrected chi connectivity index (χ0v) is 14.9. The van der Waals surface area contributed by atoms with E-state index in [0.29, 0.717) is 19.0 Å². The Balaban J connectivity index is 1.66. The van der Waals surface area contributed by atoms with Gasteiger partial charge < -0.3 is 15.1 Å². The first-order chi connectivity index (χ1) is 11.1. The van der Waals surface area contributed by atoms with Crippen LogP contribution in [-0.4, -0.2) is 49.4 Å². The van der Waals surface area contributed by atoms with Gasteiger partial charge in [0.15, 0.2) is 0 Å². The number of piperidine rings is 1. The topological polar surface area (TPSA) is 52.7 Å². The first kappa shape index (κ1) is 16.5. The number of rotatable bonds is 3. The summed E-state index contributed by atoms with van der Waals surface area (Å²) >= 11 is 3.43. The van der Waals surface area contributed by atoms with Crippen LogP contribution in [0, 0.1) is 5.92 Å². The number of carbonyl (C=O) groups is 2. The summed E-state index contributed by atoms with van der Waals surface area (Å²) in [6.45, 7) is 2.09. The fraction of sp³-hybridized carbons (Fsp3) is 0.529. The van der Waals surface area contributed by atoms with Crippen LogP contribution in [0.2, 0.25) is 0 Å². The van der Waals surface area contributed by atoms with E-state index < -0.39 is 5.92 Å². The van der Waals surface area contributed by atoms with E-state index in [1.54, 1.807) is 4.90 Å². The molecule has 2 saturated heterocycles. The zero-order valence-electron chi connectivity index (χ0n) is 13.3. The van der Waals surface area contributed by atoms with Crippen LogP contribution in [0.5, 0.6) is 0 Å². The van der Waals surface area contributed by atoms with Crippen LogP contribution >= 0.6 is 15.9 Å². The van der Waals surface area contributed by atoms with Crippen molar-refractivity contribution in [2.24, 2.45) is 5.92 Å². The van der Waals surface area contributed by atoms with Crippen molar-refractivity contribution in [3.8, 4) is 0 Å². The Hall–Kier alpha value is -1.40. The molecule has 0 radical (unpaired) electrons. The van der Waals surface area contributed by atoms with Crippen LogP contribution in [0.4, 0.5) is 5.69 Å². The van der Waals surface area contributed by atoms with Gasteiger partial charge in [-0.1, -0.05) is 22.0 Å². The summed E-state index contributed by atoms with van der Waals surface area (Å²) in [6.07, 6.45) is 2.52. The SMILES string of the molecule is CNC1CCN(C(=O)C2CCN(c3cccc(Br)c3)C2=O)CC1. The highest BCUT2D eigenvalue weighted by Gasteiger charge is 2.40. The highest BCUT2D eigenvalue weighted by molar-refractivity contribution is 9.10. The van der Waals surface area contributed by atoms with E-state index >= 15 is 0 Å². The Morgan fingerprint density at radius 2 is 1.96 bits per heavy atom. The molecule has 1 N–H and O–H groups in total. The molecule has 1 aromatic carbocycles. The van der Waals surface area contributed by atoms with Crippen molar-refractivity contribution >= 4 is 33.4 Å². The predicted octanol–water partition coefficient (Wildman–Crippen LogP) is 2.01. The molecule has 1 aromatic rings. The molecule has 5 nitrogen and oxygen atoms in total. The Morgan fingerprint density at radius 1 is 1.22 bits per heavy atom. The van der Waals surface area contributed by atoms with Gasteiger partial charge in [-0.05, 0) is 44.5 Å². The van der Waals surface area contributed by atoms with E-state index in [1.165, 1.54) is 0 Å². The molecule has 2 aliphatic rings. The second-order valence-electron chi connectivity index (χ2n) is 6.20. The van der Waals surface area contributed by atoms with Gasteiger partial charge in [0, 0.05) is 35.8 Å². The Bertz CT molecular complexity index is 599. The Labute approximate surface area is 145 Å². The van der Waals surface area contributed by atoms with Gasteiger partial charge >= 0.3 is 0 Å². The third kappa shape index (κ3) is 3.43. The summed E-state index contributed by atoms with van der Waals surface area (Å²) in [6, 6.07) is 8.15. The average Bonchev–Trinajstić information content (AvgIpc) is 2.96. The molecule has 3 rings (SSSR count). The van der Waals surface area contributed by atoms with Gasteiger partial charge in [0.25, 0.3) is 0 Å². The lowest BCUT2D eigenvalue weighted by Gasteiger charge is -2.33. The van der Waals surface area contributed by atoms with Gasteiger partial charge in [0.1, 0.15) is 5.92 Å².